The van der Waals surface area contributed by atoms with Crippen LogP contribution < -0.4 is 9.64 Å². The van der Waals surface area contributed by atoms with Crippen molar-refractivity contribution in [2.75, 3.05) is 11.5 Å². The number of amides is 1. The summed E-state index contributed by atoms with van der Waals surface area (Å²) < 4.78 is 5.55. The van der Waals surface area contributed by atoms with E-state index in [1.807, 2.05) is 44.2 Å². The number of aromatic nitrogens is 1. The average molecular weight is 426 g/mol. The Hall–Kier alpha value is -3.93. The number of ketones is 1. The Balaban J connectivity index is 1.73. The molecular weight excluding hydrogens is 404 g/mol. The van der Waals surface area contributed by atoms with Crippen LogP contribution in [0.3, 0.4) is 0 Å². The van der Waals surface area contributed by atoms with Crippen LogP contribution in [0.25, 0.3) is 5.76 Å². The third kappa shape index (κ3) is 3.15. The first-order valence-electron chi connectivity index (χ1n) is 10.5. The highest BCUT2D eigenvalue weighted by Crippen LogP contribution is 2.43. The number of ether oxygens (including phenoxy) is 1. The molecule has 6 heteroatoms. The SMILES string of the molecule is Cc1ccc(C)c(N2C(=O)C(=O)/C(=C(\O)c3ccc4c(c3)CCO4)C2c2cccnc2)c1. The van der Waals surface area contributed by atoms with Crippen molar-refractivity contribution in [2.24, 2.45) is 0 Å². The standard InChI is InChI=1S/C26H22N2O4/c1-15-5-6-16(2)20(12-15)28-23(19-4-3-10-27-14-19)22(25(30)26(28)31)24(29)18-7-8-21-17(13-18)9-11-32-21/h3-8,10,12-14,23,29H,9,11H2,1-2H3/b24-22-. The molecule has 2 aliphatic heterocycles. The predicted octanol–water partition coefficient (Wildman–Crippen LogP) is 4.26. The molecule has 5 rings (SSSR count). The molecule has 1 aromatic heterocycles. The smallest absolute Gasteiger partial charge is 0.300 e. The zero-order chi connectivity index (χ0) is 22.4. The number of aryl methyl sites for hydroxylation is 2. The van der Waals surface area contributed by atoms with Gasteiger partial charge in [-0.2, -0.15) is 0 Å². The molecule has 3 aromatic rings. The monoisotopic (exact) mass is 426 g/mol. The molecular formula is C26H22N2O4. The molecule has 32 heavy (non-hydrogen) atoms. The molecule has 0 spiro atoms. The van der Waals surface area contributed by atoms with Crippen LogP contribution in [-0.4, -0.2) is 28.4 Å². The second-order valence-electron chi connectivity index (χ2n) is 8.17. The summed E-state index contributed by atoms with van der Waals surface area (Å²) in [5.74, 6) is -0.798. The van der Waals surface area contributed by atoms with Gasteiger partial charge in [0.05, 0.1) is 18.2 Å². The van der Waals surface area contributed by atoms with Crippen molar-refractivity contribution in [1.82, 2.24) is 4.98 Å². The molecule has 0 bridgehead atoms. The van der Waals surface area contributed by atoms with Crippen molar-refractivity contribution >= 4 is 23.1 Å². The molecule has 1 fully saturated rings. The Bertz CT molecular complexity index is 1280. The van der Waals surface area contributed by atoms with Gasteiger partial charge < -0.3 is 9.84 Å². The van der Waals surface area contributed by atoms with Gasteiger partial charge in [-0.05, 0) is 66.4 Å². The molecule has 0 aliphatic carbocycles. The molecule has 2 aromatic carbocycles. The van der Waals surface area contributed by atoms with Crippen molar-refractivity contribution in [3.8, 4) is 5.75 Å². The fourth-order valence-electron chi connectivity index (χ4n) is 4.40. The van der Waals surface area contributed by atoms with Crippen LogP contribution in [0, 0.1) is 13.8 Å². The van der Waals surface area contributed by atoms with Crippen LogP contribution in [-0.2, 0) is 16.0 Å². The first-order valence-corrected chi connectivity index (χ1v) is 10.5. The number of anilines is 1. The van der Waals surface area contributed by atoms with E-state index in [0.717, 1.165) is 28.9 Å². The number of pyridine rings is 1. The van der Waals surface area contributed by atoms with Gasteiger partial charge >= 0.3 is 0 Å². The van der Waals surface area contributed by atoms with E-state index in [1.165, 1.54) is 4.90 Å². The minimum Gasteiger partial charge on any atom is -0.507 e. The second-order valence-corrected chi connectivity index (χ2v) is 8.17. The van der Waals surface area contributed by atoms with Gasteiger partial charge in [0.25, 0.3) is 11.7 Å². The normalized spacial score (nSPS) is 19.2. The molecule has 1 atom stereocenters. The van der Waals surface area contributed by atoms with Gasteiger partial charge in [0, 0.05) is 30.1 Å². The Kier molecular flexibility index (Phi) is 4.78. The van der Waals surface area contributed by atoms with Crippen molar-refractivity contribution in [3.63, 3.8) is 0 Å². The molecule has 2 aliphatic rings. The topological polar surface area (TPSA) is 79.7 Å². The lowest BCUT2D eigenvalue weighted by molar-refractivity contribution is -0.132. The van der Waals surface area contributed by atoms with Crippen LogP contribution >= 0.6 is 0 Å². The molecule has 0 saturated carbocycles. The zero-order valence-electron chi connectivity index (χ0n) is 17.8. The molecule has 3 heterocycles. The number of aliphatic hydroxyl groups is 1. The third-order valence-electron chi connectivity index (χ3n) is 6.03. The van der Waals surface area contributed by atoms with E-state index in [9.17, 15) is 14.7 Å². The number of aliphatic hydroxyl groups excluding tert-OH is 1. The molecule has 6 nitrogen and oxygen atoms in total. The van der Waals surface area contributed by atoms with E-state index < -0.39 is 17.7 Å². The summed E-state index contributed by atoms with van der Waals surface area (Å²) in [5.41, 5.74) is 4.64. The van der Waals surface area contributed by atoms with Crippen LogP contribution in [0.4, 0.5) is 5.69 Å². The summed E-state index contributed by atoms with van der Waals surface area (Å²) >= 11 is 0. The number of carbonyl (C=O) groups excluding carboxylic acids is 2. The first kappa shape index (κ1) is 20.0. The average Bonchev–Trinajstić information content (AvgIpc) is 3.38. The molecule has 1 saturated heterocycles. The number of rotatable bonds is 3. The largest absolute Gasteiger partial charge is 0.507 e. The lowest BCUT2D eigenvalue weighted by Crippen LogP contribution is -2.30. The third-order valence-corrected chi connectivity index (χ3v) is 6.03. The van der Waals surface area contributed by atoms with Crippen LogP contribution in [0.1, 0.15) is 33.9 Å². The molecule has 1 N–H and O–H groups in total. The Labute approximate surface area is 185 Å². The fourth-order valence-corrected chi connectivity index (χ4v) is 4.40. The number of carbonyl (C=O) groups is 2. The highest BCUT2D eigenvalue weighted by atomic mass is 16.5. The number of Topliss-reactive ketones (excluding diaryl/α,β-unsaturated/α-hetero) is 1. The van der Waals surface area contributed by atoms with Gasteiger partial charge in [-0.15, -0.1) is 0 Å². The van der Waals surface area contributed by atoms with Crippen LogP contribution in [0.5, 0.6) is 5.75 Å². The van der Waals surface area contributed by atoms with Gasteiger partial charge in [0.1, 0.15) is 11.5 Å². The van der Waals surface area contributed by atoms with Crippen LogP contribution in [0.2, 0.25) is 0 Å². The molecule has 0 radical (unpaired) electrons. The van der Waals surface area contributed by atoms with E-state index >= 15 is 0 Å². The van der Waals surface area contributed by atoms with Crippen molar-refractivity contribution in [2.45, 2.75) is 26.3 Å². The Morgan fingerprint density at radius 1 is 1.12 bits per heavy atom. The Morgan fingerprint density at radius 2 is 1.97 bits per heavy atom. The maximum atomic E-state index is 13.3. The summed E-state index contributed by atoms with van der Waals surface area (Å²) in [6.07, 6.45) is 3.99. The summed E-state index contributed by atoms with van der Waals surface area (Å²) in [6, 6.07) is 13.9. The molecule has 160 valence electrons. The predicted molar refractivity (Wildman–Crippen MR) is 121 cm³/mol. The number of nitrogens with zero attached hydrogens (tertiary/aromatic N) is 2. The van der Waals surface area contributed by atoms with Crippen molar-refractivity contribution < 1.29 is 19.4 Å². The van der Waals surface area contributed by atoms with Gasteiger partial charge in [-0.25, -0.2) is 0 Å². The summed E-state index contributed by atoms with van der Waals surface area (Å²) in [5, 5.41) is 11.3. The van der Waals surface area contributed by atoms with E-state index in [4.69, 9.17) is 4.74 Å². The Morgan fingerprint density at radius 3 is 2.75 bits per heavy atom. The molecule has 1 amide bonds. The van der Waals surface area contributed by atoms with E-state index in [-0.39, 0.29) is 11.3 Å². The van der Waals surface area contributed by atoms with Crippen molar-refractivity contribution in [1.29, 1.82) is 0 Å². The quantitative estimate of drug-likeness (QED) is 0.385. The highest BCUT2D eigenvalue weighted by molar-refractivity contribution is 6.51. The maximum absolute atomic E-state index is 13.3. The minimum absolute atomic E-state index is 0.0581. The number of fused-ring (bicyclic) bond motifs is 1. The zero-order valence-corrected chi connectivity index (χ0v) is 17.8. The van der Waals surface area contributed by atoms with Gasteiger partial charge in [-0.1, -0.05) is 18.2 Å². The van der Waals surface area contributed by atoms with E-state index in [2.05, 4.69) is 4.98 Å². The van der Waals surface area contributed by atoms with Crippen LogP contribution in [0.15, 0.2) is 66.5 Å². The molecule has 1 unspecified atom stereocenters. The van der Waals surface area contributed by atoms with Gasteiger partial charge in [0.15, 0.2) is 0 Å². The first-order chi connectivity index (χ1) is 15.5. The maximum Gasteiger partial charge on any atom is 0.300 e. The van der Waals surface area contributed by atoms with Gasteiger partial charge in [0.2, 0.25) is 0 Å². The number of hydrogen-bond acceptors (Lipinski definition) is 5. The summed E-state index contributed by atoms with van der Waals surface area (Å²) in [7, 11) is 0. The number of hydrogen-bond donors (Lipinski definition) is 1. The van der Waals surface area contributed by atoms with Crippen molar-refractivity contribution in [3.05, 3.63) is 94.3 Å². The highest BCUT2D eigenvalue weighted by Gasteiger charge is 2.47. The summed E-state index contributed by atoms with van der Waals surface area (Å²) in [4.78, 5) is 32.2. The lowest BCUT2D eigenvalue weighted by atomic mass is 9.95. The lowest BCUT2D eigenvalue weighted by Gasteiger charge is -2.27. The summed E-state index contributed by atoms with van der Waals surface area (Å²) in [6.45, 7) is 4.42. The minimum atomic E-state index is -0.784. The number of benzene rings is 2. The van der Waals surface area contributed by atoms with Gasteiger partial charge in [-0.3, -0.25) is 19.5 Å². The second kappa shape index (κ2) is 7.64. The fraction of sp³-hybridized carbons (Fsp3) is 0.192. The van der Waals surface area contributed by atoms with E-state index in [0.29, 0.717) is 23.4 Å². The van der Waals surface area contributed by atoms with E-state index in [1.54, 1.807) is 30.6 Å².